The maximum atomic E-state index is 14.3. The van der Waals surface area contributed by atoms with Crippen LogP contribution in [-0.4, -0.2) is 35.2 Å². The van der Waals surface area contributed by atoms with Crippen LogP contribution in [0.25, 0.3) is 0 Å². The lowest BCUT2D eigenvalue weighted by molar-refractivity contribution is -0.139. The second-order valence-corrected chi connectivity index (χ2v) is 8.41. The molecule has 0 saturated heterocycles. The lowest BCUT2D eigenvalue weighted by atomic mass is 9.88. The zero-order valence-corrected chi connectivity index (χ0v) is 19.1. The van der Waals surface area contributed by atoms with Crippen molar-refractivity contribution in [3.05, 3.63) is 99.3 Å². The number of carboxylic acid groups (broad SMARTS) is 1. The fourth-order valence-corrected chi connectivity index (χ4v) is 4.54. The Kier molecular flexibility index (Phi) is 6.93. The van der Waals surface area contributed by atoms with Crippen LogP contribution < -0.4 is 4.74 Å². The molecule has 1 atom stereocenters. The van der Waals surface area contributed by atoms with E-state index in [2.05, 4.69) is 15.9 Å². The Morgan fingerprint density at radius 2 is 1.85 bits per heavy atom. The largest absolute Gasteiger partial charge is 0.482 e. The van der Waals surface area contributed by atoms with E-state index in [4.69, 9.17) is 14.6 Å². The van der Waals surface area contributed by atoms with E-state index < -0.39 is 30.5 Å². The van der Waals surface area contributed by atoms with Gasteiger partial charge in [0.1, 0.15) is 18.2 Å². The van der Waals surface area contributed by atoms with Crippen molar-refractivity contribution in [2.75, 3.05) is 13.2 Å². The summed E-state index contributed by atoms with van der Waals surface area (Å²) in [6, 6.07) is 18.1. The molecule has 0 fully saturated rings. The van der Waals surface area contributed by atoms with E-state index in [0.717, 1.165) is 21.2 Å². The van der Waals surface area contributed by atoms with Gasteiger partial charge in [-0.25, -0.2) is 14.0 Å². The average Bonchev–Trinajstić information content (AvgIpc) is 2.82. The van der Waals surface area contributed by atoms with Gasteiger partial charge in [-0.1, -0.05) is 58.4 Å². The van der Waals surface area contributed by atoms with Gasteiger partial charge >= 0.3 is 12.1 Å². The molecule has 8 heteroatoms. The number of amides is 1. The minimum atomic E-state index is -1.16. The van der Waals surface area contributed by atoms with Crippen LogP contribution in [0.1, 0.15) is 28.3 Å². The number of carbonyl (C=O) groups is 2. The third-order valence-corrected chi connectivity index (χ3v) is 6.16. The van der Waals surface area contributed by atoms with Gasteiger partial charge in [0, 0.05) is 16.6 Å². The number of fused-ring (bicyclic) bond motifs is 1. The number of nitrogens with zero attached hydrogens (tertiary/aromatic N) is 1. The van der Waals surface area contributed by atoms with E-state index in [1.54, 1.807) is 0 Å². The number of hydrogen-bond acceptors (Lipinski definition) is 4. The minimum absolute atomic E-state index is 0.0970. The monoisotopic (exact) mass is 513 g/mol. The number of ether oxygens (including phenoxy) is 2. The topological polar surface area (TPSA) is 76.1 Å². The summed E-state index contributed by atoms with van der Waals surface area (Å²) < 4.78 is 26.3. The SMILES string of the molecule is O=C(O)COc1ccc(F)cc1C1c2cccc(Br)c2CCN1C(=O)OCc1ccccc1. The summed E-state index contributed by atoms with van der Waals surface area (Å²) in [6.45, 7) is -0.155. The highest BCUT2D eigenvalue weighted by molar-refractivity contribution is 9.10. The first-order chi connectivity index (χ1) is 15.9. The van der Waals surface area contributed by atoms with Crippen LogP contribution in [-0.2, 0) is 22.6 Å². The maximum absolute atomic E-state index is 14.3. The summed E-state index contributed by atoms with van der Waals surface area (Å²) in [5.74, 6) is -1.49. The van der Waals surface area contributed by atoms with Gasteiger partial charge in [0.2, 0.25) is 0 Å². The van der Waals surface area contributed by atoms with Crippen LogP contribution >= 0.6 is 15.9 Å². The lowest BCUT2D eigenvalue weighted by Crippen LogP contribution is -2.41. The molecule has 0 radical (unpaired) electrons. The Morgan fingerprint density at radius 3 is 2.61 bits per heavy atom. The molecule has 1 amide bonds. The zero-order valence-electron chi connectivity index (χ0n) is 17.5. The molecule has 170 valence electrons. The van der Waals surface area contributed by atoms with Crippen molar-refractivity contribution in [1.29, 1.82) is 0 Å². The Hall–Kier alpha value is -3.39. The summed E-state index contributed by atoms with van der Waals surface area (Å²) in [4.78, 5) is 25.8. The Balaban J connectivity index is 1.73. The van der Waals surface area contributed by atoms with Crippen molar-refractivity contribution in [2.24, 2.45) is 0 Å². The first-order valence-corrected chi connectivity index (χ1v) is 11.1. The second kappa shape index (κ2) is 10.0. The van der Waals surface area contributed by atoms with Gasteiger partial charge in [-0.05, 0) is 47.4 Å². The normalized spacial score (nSPS) is 15.0. The number of halogens is 2. The average molecular weight is 514 g/mol. The van der Waals surface area contributed by atoms with Crippen molar-refractivity contribution in [1.82, 2.24) is 4.90 Å². The van der Waals surface area contributed by atoms with Crippen molar-refractivity contribution in [3.8, 4) is 5.75 Å². The van der Waals surface area contributed by atoms with Gasteiger partial charge in [-0.15, -0.1) is 0 Å². The molecule has 0 saturated carbocycles. The molecule has 0 bridgehead atoms. The van der Waals surface area contributed by atoms with Gasteiger partial charge in [0.25, 0.3) is 0 Å². The van der Waals surface area contributed by atoms with Crippen molar-refractivity contribution in [3.63, 3.8) is 0 Å². The predicted molar refractivity (Wildman–Crippen MR) is 123 cm³/mol. The number of rotatable bonds is 6. The first-order valence-electron chi connectivity index (χ1n) is 10.3. The number of carbonyl (C=O) groups excluding carboxylic acids is 1. The highest BCUT2D eigenvalue weighted by Gasteiger charge is 2.36. The van der Waals surface area contributed by atoms with Crippen LogP contribution in [0.4, 0.5) is 9.18 Å². The van der Waals surface area contributed by atoms with Crippen molar-refractivity contribution < 1.29 is 28.6 Å². The summed E-state index contributed by atoms with van der Waals surface area (Å²) in [7, 11) is 0. The molecular weight excluding hydrogens is 493 g/mol. The predicted octanol–water partition coefficient (Wildman–Crippen LogP) is 5.34. The van der Waals surface area contributed by atoms with Crippen LogP contribution in [0, 0.1) is 5.82 Å². The van der Waals surface area contributed by atoms with E-state index >= 15 is 0 Å². The summed E-state index contributed by atoms with van der Waals surface area (Å²) in [6.07, 6.45) is 0.0249. The fourth-order valence-electron chi connectivity index (χ4n) is 3.96. The first kappa shape index (κ1) is 22.8. The molecule has 33 heavy (non-hydrogen) atoms. The van der Waals surface area contributed by atoms with E-state index in [-0.39, 0.29) is 12.4 Å². The van der Waals surface area contributed by atoms with Gasteiger partial charge in [-0.2, -0.15) is 0 Å². The van der Waals surface area contributed by atoms with Gasteiger partial charge < -0.3 is 14.6 Å². The van der Waals surface area contributed by atoms with Crippen LogP contribution in [0.2, 0.25) is 0 Å². The molecule has 0 aliphatic carbocycles. The van der Waals surface area contributed by atoms with E-state index in [1.807, 2.05) is 48.5 Å². The molecule has 6 nitrogen and oxygen atoms in total. The molecule has 1 unspecified atom stereocenters. The van der Waals surface area contributed by atoms with Crippen LogP contribution in [0.3, 0.4) is 0 Å². The smallest absolute Gasteiger partial charge is 0.410 e. The van der Waals surface area contributed by atoms with E-state index in [9.17, 15) is 14.0 Å². The third kappa shape index (κ3) is 5.17. The highest BCUT2D eigenvalue weighted by Crippen LogP contribution is 2.42. The van der Waals surface area contributed by atoms with E-state index in [1.165, 1.54) is 23.1 Å². The standard InChI is InChI=1S/C25H21BrFNO5/c26-21-8-4-7-19-18(21)11-12-28(25(31)33-14-16-5-2-1-3-6-16)24(19)20-13-17(27)9-10-22(20)32-15-23(29)30/h1-10,13,24H,11-12,14-15H2,(H,29,30). The van der Waals surface area contributed by atoms with Crippen molar-refractivity contribution >= 4 is 28.0 Å². The molecule has 3 aromatic rings. The zero-order chi connectivity index (χ0) is 23.4. The Morgan fingerprint density at radius 1 is 1.06 bits per heavy atom. The number of aliphatic carboxylic acids is 1. The van der Waals surface area contributed by atoms with Gasteiger partial charge in [0.05, 0.1) is 6.04 Å². The molecule has 1 aliphatic heterocycles. The summed E-state index contributed by atoms with van der Waals surface area (Å²) >= 11 is 3.57. The molecular formula is C25H21BrFNO5. The Bertz CT molecular complexity index is 1170. The number of benzene rings is 3. The minimum Gasteiger partial charge on any atom is -0.482 e. The van der Waals surface area contributed by atoms with Crippen LogP contribution in [0.15, 0.2) is 71.2 Å². The van der Waals surface area contributed by atoms with E-state index in [0.29, 0.717) is 18.5 Å². The molecule has 1 heterocycles. The number of carboxylic acids is 1. The fraction of sp³-hybridized carbons (Fsp3) is 0.200. The van der Waals surface area contributed by atoms with Crippen molar-refractivity contribution in [2.45, 2.75) is 19.1 Å². The summed E-state index contributed by atoms with van der Waals surface area (Å²) in [5.41, 5.74) is 2.98. The maximum Gasteiger partial charge on any atom is 0.410 e. The van der Waals surface area contributed by atoms with Gasteiger partial charge in [-0.3, -0.25) is 4.90 Å². The quantitative estimate of drug-likeness (QED) is 0.481. The number of hydrogen-bond donors (Lipinski definition) is 1. The molecule has 1 N–H and O–H groups in total. The summed E-state index contributed by atoms with van der Waals surface area (Å²) in [5, 5.41) is 9.05. The van der Waals surface area contributed by atoms with Gasteiger partial charge in [0.15, 0.2) is 6.61 Å². The molecule has 1 aliphatic rings. The third-order valence-electron chi connectivity index (χ3n) is 5.42. The molecule has 3 aromatic carbocycles. The molecule has 4 rings (SSSR count). The highest BCUT2D eigenvalue weighted by atomic mass is 79.9. The Labute approximate surface area is 198 Å². The molecule has 0 spiro atoms. The van der Waals surface area contributed by atoms with Crippen LogP contribution in [0.5, 0.6) is 5.75 Å². The second-order valence-electron chi connectivity index (χ2n) is 7.56. The lowest BCUT2D eigenvalue weighted by Gasteiger charge is -2.38. The molecule has 0 aromatic heterocycles.